The molecule has 0 N–H and O–H groups in total. The Kier molecular flexibility index (Phi) is 2.48. The number of hydrogen-bond donors (Lipinski definition) is 0. The lowest BCUT2D eigenvalue weighted by atomic mass is 10.0. The summed E-state index contributed by atoms with van der Waals surface area (Å²) in [6.45, 7) is 0. The molecule has 0 saturated heterocycles. The van der Waals surface area contributed by atoms with E-state index in [1.54, 1.807) is 6.20 Å². The number of fused-ring (bicyclic) bond motifs is 3. The van der Waals surface area contributed by atoms with E-state index in [9.17, 15) is 5.26 Å². The monoisotopic (exact) mass is 270 g/mol. The molecule has 2 heterocycles. The molecule has 3 heteroatoms. The van der Waals surface area contributed by atoms with Gasteiger partial charge in [-0.25, -0.2) is 0 Å². The van der Waals surface area contributed by atoms with Crippen LogP contribution in [-0.2, 0) is 0 Å². The highest BCUT2D eigenvalue weighted by Crippen LogP contribution is 2.36. The van der Waals surface area contributed by atoms with Crippen LogP contribution < -0.4 is 0 Å². The van der Waals surface area contributed by atoms with Crippen LogP contribution >= 0.6 is 0 Å². The molecule has 0 spiro atoms. The Morgan fingerprint density at radius 1 is 0.952 bits per heavy atom. The van der Waals surface area contributed by atoms with Crippen molar-refractivity contribution in [2.75, 3.05) is 0 Å². The minimum absolute atomic E-state index is 0.620. The van der Waals surface area contributed by atoms with Crippen LogP contribution in [-0.4, -0.2) is 4.98 Å². The van der Waals surface area contributed by atoms with E-state index in [1.165, 1.54) is 0 Å². The Hall–Kier alpha value is -3.12. The van der Waals surface area contributed by atoms with Crippen molar-refractivity contribution < 1.29 is 4.42 Å². The minimum atomic E-state index is 0.620. The van der Waals surface area contributed by atoms with E-state index >= 15 is 0 Å². The van der Waals surface area contributed by atoms with Gasteiger partial charge in [-0.2, -0.15) is 5.26 Å². The molecule has 0 aliphatic heterocycles. The fourth-order valence-corrected chi connectivity index (χ4v) is 2.65. The largest absolute Gasteiger partial charge is 0.455 e. The van der Waals surface area contributed by atoms with Gasteiger partial charge in [-0.05, 0) is 30.3 Å². The average Bonchev–Trinajstić information content (AvgIpc) is 2.94. The number of hydrogen-bond acceptors (Lipinski definition) is 3. The summed E-state index contributed by atoms with van der Waals surface area (Å²) in [5.41, 5.74) is 3.86. The van der Waals surface area contributed by atoms with E-state index in [0.717, 1.165) is 27.6 Å². The van der Waals surface area contributed by atoms with Gasteiger partial charge >= 0.3 is 0 Å². The summed E-state index contributed by atoms with van der Waals surface area (Å²) in [5.74, 6) is 0. The van der Waals surface area contributed by atoms with Crippen molar-refractivity contribution in [1.82, 2.24) is 4.98 Å². The van der Waals surface area contributed by atoms with Crippen LogP contribution in [0.2, 0.25) is 0 Å². The number of nitriles is 1. The Labute approximate surface area is 121 Å². The maximum Gasteiger partial charge on any atom is 0.146 e. The van der Waals surface area contributed by atoms with E-state index < -0.39 is 0 Å². The van der Waals surface area contributed by atoms with Gasteiger partial charge in [0.15, 0.2) is 0 Å². The molecule has 0 unspecified atom stereocenters. The van der Waals surface area contributed by atoms with Crippen molar-refractivity contribution >= 4 is 21.9 Å². The van der Waals surface area contributed by atoms with Crippen molar-refractivity contribution in [3.63, 3.8) is 0 Å². The zero-order chi connectivity index (χ0) is 14.2. The maximum absolute atomic E-state index is 9.37. The molecule has 4 aromatic rings. The first kappa shape index (κ1) is 11.7. The lowest BCUT2D eigenvalue weighted by molar-refractivity contribution is 0.670. The van der Waals surface area contributed by atoms with Gasteiger partial charge in [0.25, 0.3) is 0 Å². The highest BCUT2D eigenvalue weighted by atomic mass is 16.3. The van der Waals surface area contributed by atoms with Crippen LogP contribution in [0.3, 0.4) is 0 Å². The van der Waals surface area contributed by atoms with Gasteiger partial charge in [0.05, 0.1) is 17.3 Å². The van der Waals surface area contributed by atoms with Crippen LogP contribution in [0.4, 0.5) is 0 Å². The number of para-hydroxylation sites is 1. The smallest absolute Gasteiger partial charge is 0.146 e. The lowest BCUT2D eigenvalue weighted by Gasteiger charge is -2.02. The molecule has 0 bridgehead atoms. The molecule has 0 aliphatic rings. The highest BCUT2D eigenvalue weighted by Gasteiger charge is 2.15. The molecule has 0 fully saturated rings. The normalized spacial score (nSPS) is 10.8. The van der Waals surface area contributed by atoms with E-state index in [-0.39, 0.29) is 0 Å². The third-order valence-corrected chi connectivity index (χ3v) is 3.59. The predicted molar refractivity (Wildman–Crippen MR) is 81.7 cm³/mol. The number of aromatic nitrogens is 1. The Morgan fingerprint density at radius 3 is 2.62 bits per heavy atom. The van der Waals surface area contributed by atoms with Gasteiger partial charge < -0.3 is 4.42 Å². The third-order valence-electron chi connectivity index (χ3n) is 3.59. The Bertz CT molecular complexity index is 994. The molecule has 0 radical (unpaired) electrons. The quantitative estimate of drug-likeness (QED) is 0.511. The van der Waals surface area contributed by atoms with Crippen molar-refractivity contribution in [2.24, 2.45) is 0 Å². The second-order valence-corrected chi connectivity index (χ2v) is 4.79. The molecular formula is C18H10N2O. The number of nitrogens with zero attached hydrogens (tertiary/aromatic N) is 2. The molecule has 0 saturated carbocycles. The molecule has 21 heavy (non-hydrogen) atoms. The first-order valence-electron chi connectivity index (χ1n) is 6.64. The van der Waals surface area contributed by atoms with Crippen LogP contribution in [0.25, 0.3) is 33.2 Å². The zero-order valence-electron chi connectivity index (χ0n) is 11.1. The summed E-state index contributed by atoms with van der Waals surface area (Å²) in [6, 6.07) is 19.5. The highest BCUT2D eigenvalue weighted by molar-refractivity contribution is 6.11. The number of pyridine rings is 1. The lowest BCUT2D eigenvalue weighted by Crippen LogP contribution is -1.85. The van der Waals surface area contributed by atoms with Crippen molar-refractivity contribution in [3.8, 4) is 17.3 Å². The summed E-state index contributed by atoms with van der Waals surface area (Å²) < 4.78 is 5.99. The number of rotatable bonds is 1. The molecule has 0 atom stereocenters. The topological polar surface area (TPSA) is 49.8 Å². The van der Waals surface area contributed by atoms with Crippen molar-refractivity contribution in [3.05, 3.63) is 66.4 Å². The summed E-state index contributed by atoms with van der Waals surface area (Å²) in [7, 11) is 0. The summed E-state index contributed by atoms with van der Waals surface area (Å²) in [4.78, 5) is 4.38. The maximum atomic E-state index is 9.37. The number of furan rings is 1. The Balaban J connectivity index is 2.18. The second-order valence-electron chi connectivity index (χ2n) is 4.79. The standard InChI is InChI=1S/C18H10N2O/c19-11-12-8-9-13(15-6-3-4-10-20-15)18-17(12)14-5-1-2-7-16(14)21-18/h1-10H. The SMILES string of the molecule is N#Cc1ccc(-c2ccccn2)c2oc3ccccc3c12. The van der Waals surface area contributed by atoms with Crippen molar-refractivity contribution in [1.29, 1.82) is 5.26 Å². The number of benzene rings is 2. The van der Waals surface area contributed by atoms with Crippen LogP contribution in [0, 0.1) is 11.3 Å². The van der Waals surface area contributed by atoms with Crippen molar-refractivity contribution in [2.45, 2.75) is 0 Å². The molecule has 98 valence electrons. The van der Waals surface area contributed by atoms with Crippen LogP contribution in [0.15, 0.2) is 65.2 Å². The van der Waals surface area contributed by atoms with E-state index in [1.807, 2.05) is 54.6 Å². The van der Waals surface area contributed by atoms with Gasteiger partial charge in [0, 0.05) is 22.5 Å². The second kappa shape index (κ2) is 4.46. The summed E-state index contributed by atoms with van der Waals surface area (Å²) in [6.07, 6.45) is 1.75. The Morgan fingerprint density at radius 2 is 1.81 bits per heavy atom. The fraction of sp³-hybridized carbons (Fsp3) is 0. The summed E-state index contributed by atoms with van der Waals surface area (Å²) >= 11 is 0. The predicted octanol–water partition coefficient (Wildman–Crippen LogP) is 4.52. The minimum Gasteiger partial charge on any atom is -0.455 e. The van der Waals surface area contributed by atoms with Gasteiger partial charge in [0.1, 0.15) is 11.2 Å². The molecule has 4 rings (SSSR count). The first-order valence-corrected chi connectivity index (χ1v) is 6.64. The summed E-state index contributed by atoms with van der Waals surface area (Å²) in [5, 5.41) is 11.2. The van der Waals surface area contributed by atoms with Crippen LogP contribution in [0.5, 0.6) is 0 Å². The van der Waals surface area contributed by atoms with E-state index in [2.05, 4.69) is 11.1 Å². The molecule has 3 nitrogen and oxygen atoms in total. The van der Waals surface area contributed by atoms with Gasteiger partial charge in [0.2, 0.25) is 0 Å². The van der Waals surface area contributed by atoms with Gasteiger partial charge in [-0.3, -0.25) is 4.98 Å². The van der Waals surface area contributed by atoms with Gasteiger partial charge in [-0.1, -0.05) is 24.3 Å². The van der Waals surface area contributed by atoms with Crippen LogP contribution in [0.1, 0.15) is 5.56 Å². The molecule has 0 aliphatic carbocycles. The first-order chi connectivity index (χ1) is 10.4. The molecule has 0 amide bonds. The van der Waals surface area contributed by atoms with E-state index in [0.29, 0.717) is 11.1 Å². The third kappa shape index (κ3) is 1.70. The average molecular weight is 270 g/mol. The molecule has 2 aromatic heterocycles. The fourth-order valence-electron chi connectivity index (χ4n) is 2.65. The molecule has 2 aromatic carbocycles. The molecular weight excluding hydrogens is 260 g/mol. The van der Waals surface area contributed by atoms with E-state index in [4.69, 9.17) is 4.42 Å². The zero-order valence-corrected chi connectivity index (χ0v) is 11.1. The van der Waals surface area contributed by atoms with Gasteiger partial charge in [-0.15, -0.1) is 0 Å².